The zero-order valence-electron chi connectivity index (χ0n) is 26.1. The van der Waals surface area contributed by atoms with Crippen LogP contribution in [0.1, 0.15) is 42.0 Å². The zero-order valence-corrected chi connectivity index (χ0v) is 26.1. The van der Waals surface area contributed by atoms with Gasteiger partial charge in [0, 0.05) is 24.2 Å². The summed E-state index contributed by atoms with van der Waals surface area (Å²) in [4.78, 5) is 14.3. The van der Waals surface area contributed by atoms with Gasteiger partial charge in [-0.25, -0.2) is 9.97 Å². The number of hydrogen-bond donors (Lipinski definition) is 1. The molecule has 0 saturated carbocycles. The van der Waals surface area contributed by atoms with Gasteiger partial charge in [0.2, 0.25) is 0 Å². The molecule has 2 aromatic heterocycles. The van der Waals surface area contributed by atoms with Gasteiger partial charge in [0.25, 0.3) is 0 Å². The van der Waals surface area contributed by atoms with Crippen LogP contribution >= 0.6 is 0 Å². The van der Waals surface area contributed by atoms with Crippen molar-refractivity contribution < 1.29 is 5.11 Å². The maximum atomic E-state index is 10.8. The number of anilines is 5. The summed E-state index contributed by atoms with van der Waals surface area (Å²) in [6.07, 6.45) is 1.84. The third-order valence-corrected chi connectivity index (χ3v) is 8.79. The van der Waals surface area contributed by atoms with Crippen LogP contribution in [0.15, 0.2) is 97.2 Å². The molecule has 0 amide bonds. The molecule has 1 N–H and O–H groups in total. The molecule has 1 aliphatic rings. The molecule has 0 aliphatic carbocycles. The molecule has 5 heteroatoms. The summed E-state index contributed by atoms with van der Waals surface area (Å²) in [7, 11) is 2.12. The molecule has 0 spiro atoms. The van der Waals surface area contributed by atoms with E-state index in [1.807, 2.05) is 24.4 Å². The second-order valence-electron chi connectivity index (χ2n) is 12.2. The molecule has 3 heterocycles. The van der Waals surface area contributed by atoms with Crippen LogP contribution in [0.4, 0.5) is 28.6 Å². The number of pyridine rings is 2. The zero-order chi connectivity index (χ0) is 30.7. The molecule has 218 valence electrons. The van der Waals surface area contributed by atoms with Crippen LogP contribution in [0.3, 0.4) is 0 Å². The van der Waals surface area contributed by atoms with Gasteiger partial charge >= 0.3 is 0 Å². The molecule has 4 aromatic carbocycles. The summed E-state index contributed by atoms with van der Waals surface area (Å²) < 4.78 is 0. The van der Waals surface area contributed by atoms with Crippen molar-refractivity contribution in [2.24, 2.45) is 0 Å². The predicted octanol–water partition coefficient (Wildman–Crippen LogP) is 10.3. The first-order valence-corrected chi connectivity index (χ1v) is 15.2. The molecule has 7 rings (SSSR count). The Hall–Kier alpha value is -5.16. The summed E-state index contributed by atoms with van der Waals surface area (Å²) >= 11 is 0. The minimum atomic E-state index is 0.196. The Labute approximate surface area is 259 Å². The van der Waals surface area contributed by atoms with E-state index in [1.165, 1.54) is 33.4 Å². The number of rotatable bonds is 4. The second-order valence-corrected chi connectivity index (χ2v) is 12.2. The van der Waals surface area contributed by atoms with Crippen LogP contribution in [-0.2, 0) is 0 Å². The highest BCUT2D eigenvalue weighted by atomic mass is 16.3. The summed E-state index contributed by atoms with van der Waals surface area (Å²) in [6, 6.07) is 31.6. The molecule has 44 heavy (non-hydrogen) atoms. The molecule has 1 aliphatic heterocycles. The average molecular weight is 577 g/mol. The Bertz CT molecular complexity index is 2040. The van der Waals surface area contributed by atoms with Crippen molar-refractivity contribution in [1.82, 2.24) is 9.97 Å². The second kappa shape index (κ2) is 10.5. The van der Waals surface area contributed by atoms with Crippen LogP contribution in [0.2, 0.25) is 0 Å². The van der Waals surface area contributed by atoms with E-state index in [4.69, 9.17) is 9.97 Å². The lowest BCUT2D eigenvalue weighted by Crippen LogP contribution is -2.24. The average Bonchev–Trinajstić information content (AvgIpc) is 3.01. The molecular formula is C39H36N4O. The van der Waals surface area contributed by atoms with Crippen molar-refractivity contribution in [3.63, 3.8) is 0 Å². The first kappa shape index (κ1) is 27.7. The van der Waals surface area contributed by atoms with Crippen molar-refractivity contribution in [3.05, 3.63) is 119 Å². The lowest BCUT2D eigenvalue weighted by atomic mass is 9.92. The minimum Gasteiger partial charge on any atom is -0.506 e. The summed E-state index contributed by atoms with van der Waals surface area (Å²) in [5.74, 6) is 1.37. The Balaban J connectivity index is 1.42. The van der Waals surface area contributed by atoms with E-state index in [-0.39, 0.29) is 5.75 Å². The number of phenols is 1. The number of aromatic hydroxyl groups is 1. The van der Waals surface area contributed by atoms with Crippen molar-refractivity contribution >= 4 is 39.5 Å². The largest absolute Gasteiger partial charge is 0.506 e. The van der Waals surface area contributed by atoms with Gasteiger partial charge in [-0.3, -0.25) is 4.90 Å². The van der Waals surface area contributed by atoms with Crippen molar-refractivity contribution in [1.29, 1.82) is 0 Å². The molecule has 0 bridgehead atoms. The molecule has 0 saturated heterocycles. The summed E-state index contributed by atoms with van der Waals surface area (Å²) in [5, 5.41) is 11.7. The molecule has 6 aromatic rings. The number of hydrogen-bond acceptors (Lipinski definition) is 5. The Morgan fingerprint density at radius 1 is 0.705 bits per heavy atom. The van der Waals surface area contributed by atoms with Gasteiger partial charge in [-0.05, 0) is 103 Å². The van der Waals surface area contributed by atoms with E-state index in [1.54, 1.807) is 6.07 Å². The fourth-order valence-electron chi connectivity index (χ4n) is 6.80. The standard InChI is InChI=1S/C39H36N4O/c1-23(2)29-13-17-36(44)39-30(29)12-14-31(41-39)27-10-15-32-34(21-27)43(37-9-7-8-18-40-37)35-22-28(11-16-33(35)42(32)6)38-25(4)19-24(3)20-26(38)5/h7-23,44H,1-6H3. The molecule has 0 atom stereocenters. The first-order valence-electron chi connectivity index (χ1n) is 15.2. The summed E-state index contributed by atoms with van der Waals surface area (Å²) in [6.45, 7) is 10.9. The predicted molar refractivity (Wildman–Crippen MR) is 183 cm³/mol. The minimum absolute atomic E-state index is 0.196. The molecule has 0 fully saturated rings. The van der Waals surface area contributed by atoms with Gasteiger partial charge in [0.05, 0.1) is 28.4 Å². The van der Waals surface area contributed by atoms with Crippen molar-refractivity contribution in [2.45, 2.75) is 40.5 Å². The number of fused-ring (bicyclic) bond motifs is 3. The Morgan fingerprint density at radius 2 is 1.39 bits per heavy atom. The van der Waals surface area contributed by atoms with E-state index in [2.05, 4.69) is 118 Å². The van der Waals surface area contributed by atoms with E-state index in [9.17, 15) is 5.11 Å². The van der Waals surface area contributed by atoms with Crippen molar-refractivity contribution in [3.8, 4) is 28.1 Å². The third-order valence-electron chi connectivity index (χ3n) is 8.79. The number of aromatic nitrogens is 2. The van der Waals surface area contributed by atoms with Gasteiger partial charge < -0.3 is 10.0 Å². The van der Waals surface area contributed by atoms with Gasteiger partial charge in [-0.15, -0.1) is 0 Å². The Kier molecular flexibility index (Phi) is 6.62. The maximum Gasteiger partial charge on any atom is 0.141 e. The van der Waals surface area contributed by atoms with Crippen LogP contribution in [-0.4, -0.2) is 22.1 Å². The fourth-order valence-corrected chi connectivity index (χ4v) is 6.80. The van der Waals surface area contributed by atoms with Gasteiger partial charge in [-0.2, -0.15) is 0 Å². The lowest BCUT2D eigenvalue weighted by molar-refractivity contribution is 0.480. The summed E-state index contributed by atoms with van der Waals surface area (Å²) in [5.41, 5.74) is 14.1. The highest BCUT2D eigenvalue weighted by Gasteiger charge is 2.29. The van der Waals surface area contributed by atoms with Gasteiger partial charge in [-0.1, -0.05) is 61.9 Å². The molecule has 0 unspecified atom stereocenters. The smallest absolute Gasteiger partial charge is 0.141 e. The van der Waals surface area contributed by atoms with E-state index >= 15 is 0 Å². The highest BCUT2D eigenvalue weighted by Crippen LogP contribution is 2.52. The highest BCUT2D eigenvalue weighted by molar-refractivity contribution is 6.00. The van der Waals surface area contributed by atoms with E-state index < -0.39 is 0 Å². The van der Waals surface area contributed by atoms with Gasteiger partial charge in [0.15, 0.2) is 0 Å². The fraction of sp³-hybridized carbons (Fsp3) is 0.179. The SMILES string of the molecule is Cc1cc(C)c(-c2ccc3c(c2)N(c2ccccn2)c2cc(-c4ccc5c(C(C)C)ccc(O)c5n4)ccc2N3C)c(C)c1. The lowest BCUT2D eigenvalue weighted by Gasteiger charge is -2.38. The molecule has 0 radical (unpaired) electrons. The number of phenolic OH excluding ortho intramolecular Hbond substituents is 1. The van der Waals surface area contributed by atoms with Crippen molar-refractivity contribution in [2.75, 3.05) is 16.8 Å². The van der Waals surface area contributed by atoms with Crippen LogP contribution in [0.5, 0.6) is 5.75 Å². The molecule has 5 nitrogen and oxygen atoms in total. The van der Waals surface area contributed by atoms with Gasteiger partial charge in [0.1, 0.15) is 17.1 Å². The van der Waals surface area contributed by atoms with Crippen LogP contribution < -0.4 is 9.80 Å². The van der Waals surface area contributed by atoms with E-state index in [0.717, 1.165) is 45.2 Å². The number of benzene rings is 4. The van der Waals surface area contributed by atoms with E-state index in [0.29, 0.717) is 11.4 Å². The normalized spacial score (nSPS) is 12.5. The molecular weight excluding hydrogens is 540 g/mol. The first-order chi connectivity index (χ1) is 21.2. The Morgan fingerprint density at radius 3 is 2.05 bits per heavy atom. The monoisotopic (exact) mass is 576 g/mol. The number of aryl methyl sites for hydroxylation is 3. The quantitative estimate of drug-likeness (QED) is 0.226. The van der Waals surface area contributed by atoms with Crippen LogP contribution in [0, 0.1) is 20.8 Å². The number of nitrogens with zero attached hydrogens (tertiary/aromatic N) is 4. The topological polar surface area (TPSA) is 52.5 Å². The maximum absolute atomic E-state index is 10.8. The third kappa shape index (κ3) is 4.47. The van der Waals surface area contributed by atoms with Crippen LogP contribution in [0.25, 0.3) is 33.3 Å².